The summed E-state index contributed by atoms with van der Waals surface area (Å²) in [5, 5.41) is 9.20. The van der Waals surface area contributed by atoms with Gasteiger partial charge in [0.2, 0.25) is 5.75 Å². The van der Waals surface area contributed by atoms with Crippen LogP contribution >= 0.6 is 0 Å². The molecule has 0 aliphatic rings. The molecule has 5 heteroatoms. The second-order valence-corrected chi connectivity index (χ2v) is 2.64. The summed E-state index contributed by atoms with van der Waals surface area (Å²) in [6.45, 7) is 1.51. The normalized spacial score (nSPS) is 10.2. The van der Waals surface area contributed by atoms with Crippen LogP contribution in [0.5, 0.6) is 5.75 Å². The molecule has 1 rings (SSSR count). The van der Waals surface area contributed by atoms with Crippen molar-refractivity contribution in [3.8, 4) is 5.75 Å². The van der Waals surface area contributed by atoms with Gasteiger partial charge in [0.05, 0.1) is 5.69 Å². The summed E-state index contributed by atoms with van der Waals surface area (Å²) in [4.78, 5) is 22.2. The van der Waals surface area contributed by atoms with Gasteiger partial charge >= 0.3 is 5.69 Å². The van der Waals surface area contributed by atoms with Gasteiger partial charge < -0.3 is 5.11 Å². The predicted molar refractivity (Wildman–Crippen MR) is 43.3 cm³/mol. The summed E-state index contributed by atoms with van der Waals surface area (Å²) in [5.74, 6) is -0.375. The highest BCUT2D eigenvalue weighted by Gasteiger charge is 2.09. The molecule has 1 aromatic heterocycles. The first-order chi connectivity index (χ1) is 5.46. The summed E-state index contributed by atoms with van der Waals surface area (Å²) < 4.78 is 2.08. The Hall–Kier alpha value is -1.52. The highest BCUT2D eigenvalue weighted by atomic mass is 16.3. The van der Waals surface area contributed by atoms with E-state index in [2.05, 4.69) is 0 Å². The zero-order chi connectivity index (χ0) is 9.46. The van der Waals surface area contributed by atoms with E-state index in [9.17, 15) is 14.7 Å². The van der Waals surface area contributed by atoms with Gasteiger partial charge in [0.15, 0.2) is 0 Å². The lowest BCUT2D eigenvalue weighted by atomic mass is 10.4. The maximum Gasteiger partial charge on any atom is 0.330 e. The standard InChI is InChI=1S/C7H10N2O3/c1-4-5(10)6(11)9(3)7(12)8(4)2/h10H,1-3H3. The number of aromatic hydroxyl groups is 1. The molecule has 0 aliphatic heterocycles. The molecular formula is C7H10N2O3. The van der Waals surface area contributed by atoms with Gasteiger partial charge in [-0.25, -0.2) is 4.79 Å². The second kappa shape index (κ2) is 2.51. The first kappa shape index (κ1) is 8.58. The number of rotatable bonds is 0. The van der Waals surface area contributed by atoms with Crippen LogP contribution in [0.15, 0.2) is 9.59 Å². The smallest absolute Gasteiger partial charge is 0.330 e. The monoisotopic (exact) mass is 170 g/mol. The zero-order valence-electron chi connectivity index (χ0n) is 7.16. The van der Waals surface area contributed by atoms with Crippen LogP contribution in [0.1, 0.15) is 5.69 Å². The first-order valence-electron chi connectivity index (χ1n) is 3.42. The quantitative estimate of drug-likeness (QED) is 0.548. The lowest BCUT2D eigenvalue weighted by Crippen LogP contribution is -2.37. The fraction of sp³-hybridized carbons (Fsp3) is 0.429. The molecule has 66 valence electrons. The highest BCUT2D eigenvalue weighted by Crippen LogP contribution is 2.03. The van der Waals surface area contributed by atoms with E-state index in [4.69, 9.17) is 0 Å². The third kappa shape index (κ3) is 0.939. The topological polar surface area (TPSA) is 64.2 Å². The molecule has 0 spiro atoms. The van der Waals surface area contributed by atoms with Crippen LogP contribution < -0.4 is 11.2 Å². The summed E-state index contributed by atoms with van der Waals surface area (Å²) in [6, 6.07) is 0. The Morgan fingerprint density at radius 2 is 1.67 bits per heavy atom. The van der Waals surface area contributed by atoms with Crippen molar-refractivity contribution in [2.45, 2.75) is 6.92 Å². The summed E-state index contributed by atoms with van der Waals surface area (Å²) in [6.07, 6.45) is 0. The lowest BCUT2D eigenvalue weighted by Gasteiger charge is -2.06. The average Bonchev–Trinajstić information content (AvgIpc) is 2.08. The molecule has 0 fully saturated rings. The third-order valence-corrected chi connectivity index (χ3v) is 1.93. The number of nitrogens with zero attached hydrogens (tertiary/aromatic N) is 2. The van der Waals surface area contributed by atoms with Crippen molar-refractivity contribution in [2.24, 2.45) is 14.1 Å². The maximum atomic E-state index is 11.2. The van der Waals surface area contributed by atoms with Crippen molar-refractivity contribution < 1.29 is 5.11 Å². The van der Waals surface area contributed by atoms with E-state index in [0.29, 0.717) is 0 Å². The van der Waals surface area contributed by atoms with Gasteiger partial charge in [0.25, 0.3) is 5.56 Å². The molecule has 12 heavy (non-hydrogen) atoms. The van der Waals surface area contributed by atoms with Gasteiger partial charge in [-0.1, -0.05) is 0 Å². The molecule has 5 nitrogen and oxygen atoms in total. The molecule has 1 aromatic rings. The predicted octanol–water partition coefficient (Wildman–Crippen LogP) is -0.902. The van der Waals surface area contributed by atoms with Crippen LogP contribution in [-0.4, -0.2) is 14.2 Å². The molecule has 0 aromatic carbocycles. The largest absolute Gasteiger partial charge is 0.502 e. The maximum absolute atomic E-state index is 11.2. The molecular weight excluding hydrogens is 160 g/mol. The molecule has 1 heterocycles. The minimum Gasteiger partial charge on any atom is -0.502 e. The van der Waals surface area contributed by atoms with Crippen molar-refractivity contribution in [1.29, 1.82) is 0 Å². The van der Waals surface area contributed by atoms with Gasteiger partial charge in [-0.3, -0.25) is 13.9 Å². The molecule has 0 unspecified atom stereocenters. The van der Waals surface area contributed by atoms with E-state index in [-0.39, 0.29) is 11.4 Å². The average molecular weight is 170 g/mol. The molecule has 0 amide bonds. The van der Waals surface area contributed by atoms with Gasteiger partial charge in [-0.2, -0.15) is 0 Å². The van der Waals surface area contributed by atoms with Crippen LogP contribution in [0.2, 0.25) is 0 Å². The summed E-state index contributed by atoms with van der Waals surface area (Å²) >= 11 is 0. The van der Waals surface area contributed by atoms with Crippen molar-refractivity contribution in [3.05, 3.63) is 26.5 Å². The van der Waals surface area contributed by atoms with Gasteiger partial charge in [-0.05, 0) is 6.92 Å². The van der Waals surface area contributed by atoms with Gasteiger partial charge in [0.1, 0.15) is 0 Å². The van der Waals surface area contributed by atoms with E-state index >= 15 is 0 Å². The second-order valence-electron chi connectivity index (χ2n) is 2.64. The molecule has 1 N–H and O–H groups in total. The van der Waals surface area contributed by atoms with E-state index < -0.39 is 11.2 Å². The van der Waals surface area contributed by atoms with Crippen LogP contribution in [0.25, 0.3) is 0 Å². The molecule has 0 bridgehead atoms. The Morgan fingerprint density at radius 3 is 2.17 bits per heavy atom. The SMILES string of the molecule is Cc1c(O)c(=O)n(C)c(=O)n1C. The van der Waals surface area contributed by atoms with E-state index in [1.165, 1.54) is 25.6 Å². The Morgan fingerprint density at radius 1 is 1.17 bits per heavy atom. The molecule has 0 radical (unpaired) electrons. The van der Waals surface area contributed by atoms with E-state index in [0.717, 1.165) is 4.57 Å². The first-order valence-corrected chi connectivity index (χ1v) is 3.42. The van der Waals surface area contributed by atoms with Crippen molar-refractivity contribution in [3.63, 3.8) is 0 Å². The van der Waals surface area contributed by atoms with Gasteiger partial charge in [0, 0.05) is 14.1 Å². The van der Waals surface area contributed by atoms with Crippen molar-refractivity contribution in [1.82, 2.24) is 9.13 Å². The van der Waals surface area contributed by atoms with Crippen LogP contribution in [0.4, 0.5) is 0 Å². The highest BCUT2D eigenvalue weighted by molar-refractivity contribution is 5.21. The molecule has 0 atom stereocenters. The fourth-order valence-electron chi connectivity index (χ4n) is 0.928. The number of hydrogen-bond donors (Lipinski definition) is 1. The Labute approximate surface area is 68.5 Å². The van der Waals surface area contributed by atoms with E-state index in [1.54, 1.807) is 0 Å². The minimum absolute atomic E-state index is 0.281. The molecule has 0 saturated heterocycles. The van der Waals surface area contributed by atoms with Crippen molar-refractivity contribution >= 4 is 0 Å². The fourth-order valence-corrected chi connectivity index (χ4v) is 0.928. The Balaban J connectivity index is 3.86. The molecule has 0 aliphatic carbocycles. The lowest BCUT2D eigenvalue weighted by molar-refractivity contribution is 0.439. The van der Waals surface area contributed by atoms with Gasteiger partial charge in [-0.15, -0.1) is 0 Å². The van der Waals surface area contributed by atoms with E-state index in [1.807, 2.05) is 0 Å². The minimum atomic E-state index is -0.657. The van der Waals surface area contributed by atoms with Crippen molar-refractivity contribution in [2.75, 3.05) is 0 Å². The summed E-state index contributed by atoms with van der Waals surface area (Å²) in [7, 11) is 2.82. The number of aromatic nitrogens is 2. The summed E-state index contributed by atoms with van der Waals surface area (Å²) in [5.41, 5.74) is -0.811. The Kier molecular flexibility index (Phi) is 1.79. The number of hydrogen-bond acceptors (Lipinski definition) is 3. The van der Waals surface area contributed by atoms with Crippen LogP contribution in [0.3, 0.4) is 0 Å². The van der Waals surface area contributed by atoms with Crippen LogP contribution in [0, 0.1) is 6.92 Å². The third-order valence-electron chi connectivity index (χ3n) is 1.93. The zero-order valence-corrected chi connectivity index (χ0v) is 7.16. The van der Waals surface area contributed by atoms with Crippen LogP contribution in [-0.2, 0) is 14.1 Å². The molecule has 0 saturated carbocycles. The Bertz CT molecular complexity index is 390.